The van der Waals surface area contributed by atoms with E-state index in [4.69, 9.17) is 5.11 Å². The molecule has 13 heavy (non-hydrogen) atoms. The van der Waals surface area contributed by atoms with Gasteiger partial charge in [-0.2, -0.15) is 0 Å². The second-order valence-electron chi connectivity index (χ2n) is 4.60. The quantitative estimate of drug-likeness (QED) is 0.647. The molecular formula is C12H20O. The Kier molecular flexibility index (Phi) is 3.77. The second kappa shape index (κ2) is 4.64. The van der Waals surface area contributed by atoms with E-state index in [-0.39, 0.29) is 12.0 Å². The molecule has 0 aliphatic heterocycles. The van der Waals surface area contributed by atoms with Crippen LogP contribution in [-0.4, -0.2) is 11.7 Å². The molecule has 0 spiro atoms. The van der Waals surface area contributed by atoms with E-state index in [1.54, 1.807) is 0 Å². The highest BCUT2D eigenvalue weighted by Crippen LogP contribution is 2.23. The molecule has 0 unspecified atom stereocenters. The summed E-state index contributed by atoms with van der Waals surface area (Å²) in [6.07, 6.45) is 8.43. The van der Waals surface area contributed by atoms with Gasteiger partial charge in [0, 0.05) is 5.41 Å². The van der Waals surface area contributed by atoms with Gasteiger partial charge in [-0.25, -0.2) is 0 Å². The van der Waals surface area contributed by atoms with Crippen molar-refractivity contribution in [3.8, 4) is 0 Å². The average molecular weight is 180 g/mol. The summed E-state index contributed by atoms with van der Waals surface area (Å²) in [7, 11) is 0. The first-order chi connectivity index (χ1) is 6.14. The van der Waals surface area contributed by atoms with Gasteiger partial charge in [-0.3, -0.25) is 0 Å². The Balaban J connectivity index is 2.61. The van der Waals surface area contributed by atoms with Crippen LogP contribution in [0.1, 0.15) is 46.0 Å². The molecule has 0 amide bonds. The molecule has 1 aliphatic rings. The lowest BCUT2D eigenvalue weighted by Crippen LogP contribution is -2.12. The Morgan fingerprint density at radius 3 is 2.46 bits per heavy atom. The summed E-state index contributed by atoms with van der Waals surface area (Å²) in [4.78, 5) is 0. The smallest absolute Gasteiger partial charge is 0.0522 e. The highest BCUT2D eigenvalue weighted by Gasteiger charge is 2.11. The molecule has 0 atom stereocenters. The molecule has 0 aromatic carbocycles. The summed E-state index contributed by atoms with van der Waals surface area (Å²) in [5, 5.41) is 9.04. The molecule has 0 heterocycles. The summed E-state index contributed by atoms with van der Waals surface area (Å²) in [5.41, 5.74) is 4.68. The number of aliphatic hydroxyl groups excluding tert-OH is 1. The van der Waals surface area contributed by atoms with E-state index in [2.05, 4.69) is 5.73 Å². The van der Waals surface area contributed by atoms with Crippen LogP contribution in [0, 0.1) is 5.41 Å². The molecular weight excluding hydrogens is 160 g/mol. The van der Waals surface area contributed by atoms with Gasteiger partial charge in [-0.1, -0.05) is 20.3 Å². The predicted octanol–water partition coefficient (Wildman–Crippen LogP) is 3.05. The van der Waals surface area contributed by atoms with Crippen molar-refractivity contribution >= 4 is 0 Å². The maximum atomic E-state index is 9.04. The molecule has 0 aromatic rings. The first-order valence-electron chi connectivity index (χ1n) is 5.20. The van der Waals surface area contributed by atoms with Crippen LogP contribution in [0.4, 0.5) is 0 Å². The third kappa shape index (κ3) is 3.80. The minimum atomic E-state index is -0.107. The van der Waals surface area contributed by atoms with Crippen molar-refractivity contribution in [2.24, 2.45) is 5.41 Å². The van der Waals surface area contributed by atoms with Crippen molar-refractivity contribution in [1.82, 2.24) is 0 Å². The predicted molar refractivity (Wildman–Crippen MR) is 55.5 cm³/mol. The van der Waals surface area contributed by atoms with Crippen LogP contribution >= 0.6 is 0 Å². The Morgan fingerprint density at radius 1 is 1.31 bits per heavy atom. The molecule has 0 aromatic heterocycles. The van der Waals surface area contributed by atoms with Gasteiger partial charge in [0.25, 0.3) is 0 Å². The van der Waals surface area contributed by atoms with Gasteiger partial charge in [0.2, 0.25) is 0 Å². The van der Waals surface area contributed by atoms with E-state index >= 15 is 0 Å². The van der Waals surface area contributed by atoms with Gasteiger partial charge >= 0.3 is 0 Å². The Labute approximate surface area is 81.2 Å². The minimum absolute atomic E-state index is 0.107. The van der Waals surface area contributed by atoms with Gasteiger partial charge in [0.05, 0.1) is 6.61 Å². The number of rotatable bonds is 2. The number of hydrogen-bond acceptors (Lipinski definition) is 1. The molecule has 1 N–H and O–H groups in total. The van der Waals surface area contributed by atoms with Crippen molar-refractivity contribution in [3.05, 3.63) is 17.4 Å². The van der Waals surface area contributed by atoms with E-state index in [9.17, 15) is 0 Å². The molecule has 1 saturated carbocycles. The molecule has 1 heteroatoms. The molecule has 0 radical (unpaired) electrons. The molecule has 1 rings (SSSR count). The first-order valence-corrected chi connectivity index (χ1v) is 5.20. The number of aliphatic hydroxyl groups is 1. The topological polar surface area (TPSA) is 20.2 Å². The molecule has 1 nitrogen and oxygen atoms in total. The normalized spacial score (nSPS) is 18.2. The summed E-state index contributed by atoms with van der Waals surface area (Å²) < 4.78 is 0. The third-order valence-corrected chi connectivity index (χ3v) is 2.53. The van der Waals surface area contributed by atoms with Crippen LogP contribution in [0.25, 0.3) is 0 Å². The van der Waals surface area contributed by atoms with Crippen molar-refractivity contribution in [2.75, 3.05) is 6.61 Å². The van der Waals surface area contributed by atoms with E-state index in [1.165, 1.54) is 37.7 Å². The second-order valence-corrected chi connectivity index (χ2v) is 4.60. The van der Waals surface area contributed by atoms with Crippen LogP contribution in [0.15, 0.2) is 17.4 Å². The molecule has 74 valence electrons. The average Bonchev–Trinajstić information content (AvgIpc) is 2.17. The van der Waals surface area contributed by atoms with Gasteiger partial charge in [-0.15, -0.1) is 5.73 Å². The highest BCUT2D eigenvalue weighted by atomic mass is 16.3. The maximum absolute atomic E-state index is 9.04. The maximum Gasteiger partial charge on any atom is 0.0522 e. The molecule has 0 bridgehead atoms. The van der Waals surface area contributed by atoms with E-state index in [0.29, 0.717) is 0 Å². The zero-order valence-electron chi connectivity index (χ0n) is 8.77. The van der Waals surface area contributed by atoms with Crippen molar-refractivity contribution in [1.29, 1.82) is 0 Å². The molecule has 1 fully saturated rings. The highest BCUT2D eigenvalue weighted by molar-refractivity contribution is 5.06. The van der Waals surface area contributed by atoms with Crippen LogP contribution in [0.3, 0.4) is 0 Å². The lowest BCUT2D eigenvalue weighted by Gasteiger charge is -2.15. The first kappa shape index (κ1) is 10.6. The van der Waals surface area contributed by atoms with E-state index < -0.39 is 0 Å². The van der Waals surface area contributed by atoms with E-state index in [0.717, 1.165) is 0 Å². The van der Waals surface area contributed by atoms with Crippen molar-refractivity contribution in [3.63, 3.8) is 0 Å². The van der Waals surface area contributed by atoms with Gasteiger partial charge < -0.3 is 5.11 Å². The SMILES string of the molecule is CC(C)(C=C=C1CCCCC1)CO. The molecule has 0 saturated heterocycles. The van der Waals surface area contributed by atoms with Gasteiger partial charge in [0.1, 0.15) is 0 Å². The van der Waals surface area contributed by atoms with Crippen LogP contribution in [0.2, 0.25) is 0 Å². The Hall–Kier alpha value is -0.520. The van der Waals surface area contributed by atoms with E-state index in [1.807, 2.05) is 19.9 Å². The fraction of sp³-hybridized carbons (Fsp3) is 0.750. The van der Waals surface area contributed by atoms with Crippen LogP contribution < -0.4 is 0 Å². The Morgan fingerprint density at radius 2 is 1.92 bits per heavy atom. The summed E-state index contributed by atoms with van der Waals surface area (Å²) in [5.74, 6) is 0. The van der Waals surface area contributed by atoms with Crippen molar-refractivity contribution in [2.45, 2.75) is 46.0 Å². The van der Waals surface area contributed by atoms with Crippen LogP contribution in [-0.2, 0) is 0 Å². The number of hydrogen-bond donors (Lipinski definition) is 1. The van der Waals surface area contributed by atoms with Crippen LogP contribution in [0.5, 0.6) is 0 Å². The summed E-state index contributed by atoms with van der Waals surface area (Å²) in [6.45, 7) is 4.26. The summed E-state index contributed by atoms with van der Waals surface area (Å²) in [6, 6.07) is 0. The fourth-order valence-corrected chi connectivity index (χ4v) is 1.47. The fourth-order valence-electron chi connectivity index (χ4n) is 1.47. The minimum Gasteiger partial charge on any atom is -0.395 e. The standard InChI is InChI=1S/C12H20O/c1-12(2,10-13)9-8-11-6-4-3-5-7-11/h9,13H,3-7,10H2,1-2H3. The lowest BCUT2D eigenvalue weighted by atomic mass is 9.92. The largest absolute Gasteiger partial charge is 0.395 e. The third-order valence-electron chi connectivity index (χ3n) is 2.53. The summed E-state index contributed by atoms with van der Waals surface area (Å²) >= 11 is 0. The zero-order chi connectivity index (χ0) is 9.73. The van der Waals surface area contributed by atoms with Gasteiger partial charge in [-0.05, 0) is 37.3 Å². The van der Waals surface area contributed by atoms with Gasteiger partial charge in [0.15, 0.2) is 0 Å². The Bertz CT molecular complexity index is 211. The molecule has 1 aliphatic carbocycles. The zero-order valence-corrected chi connectivity index (χ0v) is 8.77. The monoisotopic (exact) mass is 180 g/mol. The lowest BCUT2D eigenvalue weighted by molar-refractivity contribution is 0.200. The van der Waals surface area contributed by atoms with Crippen molar-refractivity contribution < 1.29 is 5.11 Å².